The molecule has 0 bridgehead atoms. The predicted molar refractivity (Wildman–Crippen MR) is 105 cm³/mol. The smallest absolute Gasteiger partial charge is 0.370 e. The Hall–Kier alpha value is -0.780. The first-order chi connectivity index (χ1) is 11.8. The summed E-state index contributed by atoms with van der Waals surface area (Å²) in [6, 6.07) is 0. The molecule has 1 amide bonds. The molecule has 2 aliphatic rings. The number of nitrogens with two attached hydrogens (primary N) is 1. The van der Waals surface area contributed by atoms with Gasteiger partial charge in [-0.2, -0.15) is 13.2 Å². The van der Waals surface area contributed by atoms with Gasteiger partial charge in [0.05, 0.1) is 6.54 Å². The molecule has 2 rings (SSSR count). The second-order valence-corrected chi connectivity index (χ2v) is 7.06. The molecule has 0 radical (unpaired) electrons. The van der Waals surface area contributed by atoms with Gasteiger partial charge in [-0.05, 0) is 37.6 Å². The van der Waals surface area contributed by atoms with Crippen LogP contribution in [0, 0.1) is 11.8 Å². The molecule has 0 spiro atoms. The van der Waals surface area contributed by atoms with E-state index < -0.39 is 12.7 Å². The van der Waals surface area contributed by atoms with Gasteiger partial charge in [-0.25, -0.2) is 0 Å². The summed E-state index contributed by atoms with van der Waals surface area (Å²) in [7, 11) is 1.70. The number of carbonyl (C=O) groups excluding carboxylic acids is 1. The molecular formula is C16H29F3IN5O. The van der Waals surface area contributed by atoms with Crippen LogP contribution in [-0.4, -0.2) is 74.2 Å². The zero-order valence-electron chi connectivity index (χ0n) is 15.1. The lowest BCUT2D eigenvalue weighted by Crippen LogP contribution is -2.48. The van der Waals surface area contributed by atoms with Crippen LogP contribution in [0.5, 0.6) is 0 Å². The molecule has 2 atom stereocenters. The Bertz CT molecular complexity index is 489. The van der Waals surface area contributed by atoms with Gasteiger partial charge in [0, 0.05) is 39.6 Å². The highest BCUT2D eigenvalue weighted by Gasteiger charge is 2.34. The van der Waals surface area contributed by atoms with Crippen LogP contribution in [0.25, 0.3) is 0 Å². The van der Waals surface area contributed by atoms with Crippen molar-refractivity contribution in [2.24, 2.45) is 22.6 Å². The number of nitrogens with zero attached hydrogens (tertiary/aromatic N) is 3. The quantitative estimate of drug-likeness (QED) is 0.349. The largest absolute Gasteiger partial charge is 0.401 e. The van der Waals surface area contributed by atoms with Crippen molar-refractivity contribution < 1.29 is 18.0 Å². The summed E-state index contributed by atoms with van der Waals surface area (Å²) < 4.78 is 37.4. The van der Waals surface area contributed by atoms with E-state index in [1.54, 1.807) is 7.05 Å². The molecular weight excluding hydrogens is 462 g/mol. The van der Waals surface area contributed by atoms with Gasteiger partial charge in [-0.3, -0.25) is 14.7 Å². The second kappa shape index (κ2) is 10.5. The van der Waals surface area contributed by atoms with E-state index in [9.17, 15) is 18.0 Å². The van der Waals surface area contributed by atoms with E-state index in [1.807, 2.05) is 0 Å². The normalized spacial score (nSPS) is 25.1. The highest BCUT2D eigenvalue weighted by atomic mass is 127. The summed E-state index contributed by atoms with van der Waals surface area (Å²) >= 11 is 0. The summed E-state index contributed by atoms with van der Waals surface area (Å²) in [5.74, 6) is 0.887. The van der Waals surface area contributed by atoms with E-state index in [-0.39, 0.29) is 41.7 Å². The van der Waals surface area contributed by atoms with E-state index in [0.717, 1.165) is 38.3 Å². The third-order valence-corrected chi connectivity index (χ3v) is 4.84. The number of likely N-dealkylation sites (tertiary alicyclic amines) is 2. The van der Waals surface area contributed by atoms with Gasteiger partial charge < -0.3 is 16.0 Å². The fourth-order valence-electron chi connectivity index (χ4n) is 3.75. The van der Waals surface area contributed by atoms with Crippen LogP contribution in [0.1, 0.15) is 25.7 Å². The van der Waals surface area contributed by atoms with Crippen molar-refractivity contribution in [3.63, 3.8) is 0 Å². The standard InChI is InChI=1S/C16H28F3N5O.HI/c1-21-15(24-5-2-3-12(10-24)7-14(20)25)22-8-13-4-6-23(9-13)11-16(17,18)19;/h12-13H,2-11H2,1H3,(H2,20,25)(H,21,22);1H. The second-order valence-electron chi connectivity index (χ2n) is 7.06. The molecule has 0 aliphatic carbocycles. The van der Waals surface area contributed by atoms with Crippen molar-refractivity contribution in [1.82, 2.24) is 15.1 Å². The van der Waals surface area contributed by atoms with E-state index in [2.05, 4.69) is 15.2 Å². The molecule has 10 heteroatoms. The maximum atomic E-state index is 12.5. The molecule has 0 saturated carbocycles. The highest BCUT2D eigenvalue weighted by Crippen LogP contribution is 2.23. The Balaban J connectivity index is 0.00000338. The molecule has 0 aromatic heterocycles. The highest BCUT2D eigenvalue weighted by molar-refractivity contribution is 14.0. The Morgan fingerprint density at radius 2 is 1.96 bits per heavy atom. The van der Waals surface area contributed by atoms with Crippen LogP contribution in [0.2, 0.25) is 0 Å². The molecule has 2 aliphatic heterocycles. The number of primary amides is 1. The molecule has 3 N–H and O–H groups in total. The average molecular weight is 491 g/mol. The molecule has 152 valence electrons. The summed E-state index contributed by atoms with van der Waals surface area (Å²) in [4.78, 5) is 19.0. The number of carbonyl (C=O) groups is 1. The van der Waals surface area contributed by atoms with Crippen molar-refractivity contribution in [2.45, 2.75) is 31.9 Å². The minimum atomic E-state index is -4.14. The lowest BCUT2D eigenvalue weighted by atomic mass is 9.95. The van der Waals surface area contributed by atoms with Crippen LogP contribution in [0.3, 0.4) is 0 Å². The van der Waals surface area contributed by atoms with Crippen molar-refractivity contribution in [1.29, 1.82) is 0 Å². The maximum Gasteiger partial charge on any atom is 0.401 e. The molecule has 2 fully saturated rings. The number of piperidine rings is 1. The molecule has 26 heavy (non-hydrogen) atoms. The summed E-state index contributed by atoms with van der Waals surface area (Å²) in [6.07, 6.45) is -1.05. The first-order valence-electron chi connectivity index (χ1n) is 8.80. The Kier molecular flexibility index (Phi) is 9.42. The molecule has 2 saturated heterocycles. The zero-order valence-corrected chi connectivity index (χ0v) is 17.4. The minimum Gasteiger partial charge on any atom is -0.370 e. The number of nitrogens with one attached hydrogen (secondary N) is 1. The van der Waals surface area contributed by atoms with Gasteiger partial charge in [0.15, 0.2) is 5.96 Å². The van der Waals surface area contributed by atoms with Crippen LogP contribution in [-0.2, 0) is 4.79 Å². The first kappa shape index (κ1) is 23.3. The number of amides is 1. The summed E-state index contributed by atoms with van der Waals surface area (Å²) in [6.45, 7) is 2.30. The van der Waals surface area contributed by atoms with E-state index in [0.29, 0.717) is 26.1 Å². The van der Waals surface area contributed by atoms with E-state index >= 15 is 0 Å². The van der Waals surface area contributed by atoms with Crippen LogP contribution in [0.4, 0.5) is 13.2 Å². The summed E-state index contributed by atoms with van der Waals surface area (Å²) in [5, 5.41) is 3.29. The maximum absolute atomic E-state index is 12.5. The summed E-state index contributed by atoms with van der Waals surface area (Å²) in [5.41, 5.74) is 5.29. The first-order valence-corrected chi connectivity index (χ1v) is 8.80. The monoisotopic (exact) mass is 491 g/mol. The predicted octanol–water partition coefficient (Wildman–Crippen LogP) is 1.65. The number of aliphatic imine (C=N–C) groups is 1. The number of halogens is 4. The Labute approximate surface area is 169 Å². The fraction of sp³-hybridized carbons (Fsp3) is 0.875. The molecule has 2 unspecified atom stereocenters. The number of hydrogen-bond donors (Lipinski definition) is 2. The average Bonchev–Trinajstić information content (AvgIpc) is 2.93. The molecule has 0 aromatic rings. The zero-order chi connectivity index (χ0) is 18.4. The van der Waals surface area contributed by atoms with Crippen LogP contribution < -0.4 is 11.1 Å². The van der Waals surface area contributed by atoms with Crippen molar-refractivity contribution in [3.8, 4) is 0 Å². The topological polar surface area (TPSA) is 74.0 Å². The van der Waals surface area contributed by atoms with Gasteiger partial charge in [-0.1, -0.05) is 0 Å². The van der Waals surface area contributed by atoms with Gasteiger partial charge in [0.25, 0.3) is 0 Å². The number of rotatable bonds is 5. The van der Waals surface area contributed by atoms with E-state index in [4.69, 9.17) is 5.73 Å². The van der Waals surface area contributed by atoms with E-state index in [1.165, 1.54) is 4.90 Å². The van der Waals surface area contributed by atoms with Gasteiger partial charge in [-0.15, -0.1) is 24.0 Å². The van der Waals surface area contributed by atoms with Crippen molar-refractivity contribution in [3.05, 3.63) is 0 Å². The third kappa shape index (κ3) is 7.85. The van der Waals surface area contributed by atoms with Crippen LogP contribution >= 0.6 is 24.0 Å². The lowest BCUT2D eigenvalue weighted by molar-refractivity contribution is -0.143. The van der Waals surface area contributed by atoms with Crippen LogP contribution in [0.15, 0.2) is 4.99 Å². The van der Waals surface area contributed by atoms with Gasteiger partial charge in [0.1, 0.15) is 0 Å². The van der Waals surface area contributed by atoms with Gasteiger partial charge in [0.2, 0.25) is 5.91 Å². The van der Waals surface area contributed by atoms with Gasteiger partial charge >= 0.3 is 6.18 Å². The SMILES string of the molecule is CN=C(NCC1CCN(CC(F)(F)F)C1)N1CCCC(CC(N)=O)C1.I. The minimum absolute atomic E-state index is 0. The lowest BCUT2D eigenvalue weighted by Gasteiger charge is -2.35. The van der Waals surface area contributed by atoms with Crippen molar-refractivity contribution in [2.75, 3.05) is 46.3 Å². The fourth-order valence-corrected chi connectivity index (χ4v) is 3.75. The Morgan fingerprint density at radius 3 is 2.58 bits per heavy atom. The molecule has 6 nitrogen and oxygen atoms in total. The number of alkyl halides is 3. The molecule has 2 heterocycles. The van der Waals surface area contributed by atoms with Crippen molar-refractivity contribution >= 4 is 35.8 Å². The Morgan fingerprint density at radius 1 is 1.23 bits per heavy atom. The number of guanidine groups is 1. The molecule has 0 aromatic carbocycles. The third-order valence-electron chi connectivity index (χ3n) is 4.84. The number of hydrogen-bond acceptors (Lipinski definition) is 3.